The first-order chi connectivity index (χ1) is 9.34. The molecule has 0 aliphatic carbocycles. The molecule has 2 atom stereocenters. The zero-order valence-electron chi connectivity index (χ0n) is 11.7. The highest BCUT2D eigenvalue weighted by Crippen LogP contribution is 2.36. The number of carbonyl (C=O) groups excluding carboxylic acids is 1. The number of aliphatic carboxylic acids is 1. The number of piperidine rings is 1. The largest absolute Gasteiger partial charge is 0.480 e. The number of nitrogens with two attached hydrogens (primary N) is 1. The molecule has 2 heterocycles. The molecule has 5 nitrogen and oxygen atoms in total. The number of hydrogen-bond acceptors (Lipinski definition) is 4. The molecular formula is C14H20N2O3S. The van der Waals surface area contributed by atoms with Gasteiger partial charge in [-0.3, -0.25) is 4.79 Å². The Kier molecular flexibility index (Phi) is 4.15. The molecule has 110 valence electrons. The number of thiophene rings is 1. The fraction of sp³-hybridized carbons (Fsp3) is 0.571. The van der Waals surface area contributed by atoms with Crippen LogP contribution < -0.4 is 5.73 Å². The van der Waals surface area contributed by atoms with Gasteiger partial charge in [0.25, 0.3) is 0 Å². The molecule has 1 aliphatic heterocycles. The maximum Gasteiger partial charge on any atom is 0.326 e. The van der Waals surface area contributed by atoms with Gasteiger partial charge in [0.2, 0.25) is 5.91 Å². The molecule has 1 fully saturated rings. The summed E-state index contributed by atoms with van der Waals surface area (Å²) in [4.78, 5) is 26.3. The maximum atomic E-state index is 12.5. The van der Waals surface area contributed by atoms with Crippen molar-refractivity contribution in [3.8, 4) is 0 Å². The topological polar surface area (TPSA) is 83.6 Å². The molecule has 2 rings (SSSR count). The summed E-state index contributed by atoms with van der Waals surface area (Å²) in [6.07, 6.45) is 1.60. The molecule has 0 spiro atoms. The van der Waals surface area contributed by atoms with E-state index in [0.29, 0.717) is 6.54 Å². The lowest BCUT2D eigenvalue weighted by molar-refractivity contribution is -0.159. The van der Waals surface area contributed by atoms with Crippen LogP contribution in [0.4, 0.5) is 0 Å². The van der Waals surface area contributed by atoms with Crippen molar-refractivity contribution in [3.05, 3.63) is 22.4 Å². The van der Waals surface area contributed by atoms with E-state index < -0.39 is 23.5 Å². The smallest absolute Gasteiger partial charge is 0.326 e. The second-order valence-electron chi connectivity index (χ2n) is 5.86. The van der Waals surface area contributed by atoms with Crippen LogP contribution in [0.15, 0.2) is 17.5 Å². The normalized spacial score (nSPS) is 23.4. The highest BCUT2D eigenvalue weighted by molar-refractivity contribution is 7.10. The van der Waals surface area contributed by atoms with Gasteiger partial charge < -0.3 is 15.7 Å². The van der Waals surface area contributed by atoms with E-state index in [9.17, 15) is 14.7 Å². The first kappa shape index (κ1) is 15.0. The van der Waals surface area contributed by atoms with Crippen LogP contribution in [0.5, 0.6) is 0 Å². The van der Waals surface area contributed by atoms with Gasteiger partial charge in [0.1, 0.15) is 12.1 Å². The van der Waals surface area contributed by atoms with Crippen molar-refractivity contribution in [3.63, 3.8) is 0 Å². The average molecular weight is 296 g/mol. The Labute approximate surface area is 122 Å². The molecule has 1 saturated heterocycles. The fourth-order valence-electron chi connectivity index (χ4n) is 2.87. The highest BCUT2D eigenvalue weighted by atomic mass is 32.1. The van der Waals surface area contributed by atoms with Gasteiger partial charge in [0.05, 0.1) is 0 Å². The van der Waals surface area contributed by atoms with E-state index in [1.165, 1.54) is 16.2 Å². The lowest BCUT2D eigenvalue weighted by Crippen LogP contribution is -2.58. The summed E-state index contributed by atoms with van der Waals surface area (Å²) in [5.41, 5.74) is 5.56. The van der Waals surface area contributed by atoms with E-state index in [2.05, 4.69) is 0 Å². The Morgan fingerprint density at radius 1 is 1.55 bits per heavy atom. The molecule has 3 N–H and O–H groups in total. The van der Waals surface area contributed by atoms with Crippen molar-refractivity contribution < 1.29 is 14.7 Å². The number of rotatable bonds is 3. The van der Waals surface area contributed by atoms with E-state index in [1.54, 1.807) is 6.07 Å². The third-order valence-electron chi connectivity index (χ3n) is 3.90. The van der Waals surface area contributed by atoms with E-state index in [0.717, 1.165) is 17.7 Å². The van der Waals surface area contributed by atoms with Gasteiger partial charge in [0, 0.05) is 11.4 Å². The minimum atomic E-state index is -0.957. The van der Waals surface area contributed by atoms with Crippen LogP contribution in [0.2, 0.25) is 0 Å². The second-order valence-corrected chi connectivity index (χ2v) is 6.84. The number of nitrogens with zero attached hydrogens (tertiary/aromatic N) is 1. The third-order valence-corrected chi connectivity index (χ3v) is 4.86. The molecule has 0 saturated carbocycles. The maximum absolute atomic E-state index is 12.5. The van der Waals surface area contributed by atoms with E-state index in [4.69, 9.17) is 5.73 Å². The van der Waals surface area contributed by atoms with Crippen LogP contribution in [-0.4, -0.2) is 34.5 Å². The van der Waals surface area contributed by atoms with E-state index >= 15 is 0 Å². The molecule has 1 aromatic heterocycles. The van der Waals surface area contributed by atoms with Crippen molar-refractivity contribution in [1.29, 1.82) is 0 Å². The number of carboxylic acids is 1. The summed E-state index contributed by atoms with van der Waals surface area (Å²) in [7, 11) is 0. The predicted octanol–water partition coefficient (Wildman–Crippen LogP) is 1.85. The van der Waals surface area contributed by atoms with Crippen molar-refractivity contribution in [2.45, 2.75) is 38.8 Å². The van der Waals surface area contributed by atoms with Gasteiger partial charge in [-0.05, 0) is 29.7 Å². The molecule has 6 heteroatoms. The summed E-state index contributed by atoms with van der Waals surface area (Å²) in [5, 5.41) is 11.3. The number of carbonyl (C=O) groups is 2. The second kappa shape index (κ2) is 5.54. The zero-order chi connectivity index (χ0) is 14.9. The number of amides is 1. The molecule has 1 aromatic rings. The average Bonchev–Trinajstić information content (AvgIpc) is 2.88. The Bertz CT molecular complexity index is 499. The van der Waals surface area contributed by atoms with Crippen LogP contribution in [0, 0.1) is 5.41 Å². The van der Waals surface area contributed by atoms with Gasteiger partial charge >= 0.3 is 5.97 Å². The first-order valence-electron chi connectivity index (χ1n) is 6.67. The molecule has 1 aliphatic rings. The number of likely N-dealkylation sites (tertiary alicyclic amines) is 1. The SMILES string of the molecule is CC1(C)CCCN(C(=O)C(N)c2cccs2)C1C(=O)O. The summed E-state index contributed by atoms with van der Waals surface area (Å²) < 4.78 is 0. The number of hydrogen-bond donors (Lipinski definition) is 2. The lowest BCUT2D eigenvalue weighted by Gasteiger charge is -2.44. The monoisotopic (exact) mass is 296 g/mol. The molecule has 1 amide bonds. The number of carboxylic acid groups (broad SMARTS) is 1. The molecular weight excluding hydrogens is 276 g/mol. The van der Waals surface area contributed by atoms with Crippen molar-refractivity contribution >= 4 is 23.2 Å². The van der Waals surface area contributed by atoms with Gasteiger partial charge in [-0.1, -0.05) is 19.9 Å². The molecule has 0 radical (unpaired) electrons. The van der Waals surface area contributed by atoms with Crippen molar-refractivity contribution in [2.75, 3.05) is 6.54 Å². The van der Waals surface area contributed by atoms with Gasteiger partial charge in [-0.15, -0.1) is 11.3 Å². The predicted molar refractivity (Wildman–Crippen MR) is 77.4 cm³/mol. The summed E-state index contributed by atoms with van der Waals surface area (Å²) >= 11 is 1.41. The highest BCUT2D eigenvalue weighted by Gasteiger charge is 2.45. The van der Waals surface area contributed by atoms with Crippen LogP contribution in [-0.2, 0) is 9.59 Å². The standard InChI is InChI=1S/C14H20N2O3S/c1-14(2)6-4-7-16(11(14)13(18)19)12(17)10(15)9-5-3-8-20-9/h3,5,8,10-11H,4,6-7,15H2,1-2H3,(H,18,19). The Balaban J connectivity index is 2.25. The van der Waals surface area contributed by atoms with Gasteiger partial charge in [0.15, 0.2) is 0 Å². The fourth-order valence-corrected chi connectivity index (χ4v) is 3.59. The van der Waals surface area contributed by atoms with Crippen LogP contribution in [0.3, 0.4) is 0 Å². The first-order valence-corrected chi connectivity index (χ1v) is 7.55. The Morgan fingerprint density at radius 2 is 2.25 bits per heavy atom. The lowest BCUT2D eigenvalue weighted by atomic mass is 9.76. The molecule has 0 aromatic carbocycles. The molecule has 0 bridgehead atoms. The third kappa shape index (κ3) is 2.71. The van der Waals surface area contributed by atoms with E-state index in [1.807, 2.05) is 25.3 Å². The summed E-state index contributed by atoms with van der Waals surface area (Å²) in [6.45, 7) is 4.24. The van der Waals surface area contributed by atoms with Crippen molar-refractivity contribution in [1.82, 2.24) is 4.90 Å². The van der Waals surface area contributed by atoms with Crippen molar-refractivity contribution in [2.24, 2.45) is 11.1 Å². The van der Waals surface area contributed by atoms with Crippen LogP contribution in [0.25, 0.3) is 0 Å². The van der Waals surface area contributed by atoms with Crippen LogP contribution in [0.1, 0.15) is 37.6 Å². The Morgan fingerprint density at radius 3 is 2.80 bits per heavy atom. The quantitative estimate of drug-likeness (QED) is 0.891. The van der Waals surface area contributed by atoms with E-state index in [-0.39, 0.29) is 5.91 Å². The van der Waals surface area contributed by atoms with Gasteiger partial charge in [-0.2, -0.15) is 0 Å². The summed E-state index contributed by atoms with van der Waals surface area (Å²) in [6, 6.07) is 2.06. The summed E-state index contributed by atoms with van der Waals surface area (Å²) in [5.74, 6) is -1.26. The minimum Gasteiger partial charge on any atom is -0.480 e. The Hall–Kier alpha value is -1.40. The molecule has 20 heavy (non-hydrogen) atoms. The zero-order valence-corrected chi connectivity index (χ0v) is 12.5. The van der Waals surface area contributed by atoms with Gasteiger partial charge in [-0.25, -0.2) is 4.79 Å². The minimum absolute atomic E-state index is 0.298. The van der Waals surface area contributed by atoms with Crippen LogP contribution >= 0.6 is 11.3 Å². The molecule has 2 unspecified atom stereocenters.